The number of aryl methyl sites for hydroxylation is 2. The molecule has 2 heterocycles. The maximum Gasteiger partial charge on any atom is 0.229 e. The van der Waals surface area contributed by atoms with Gasteiger partial charge in [-0.25, -0.2) is 9.41 Å². The van der Waals surface area contributed by atoms with E-state index in [0.717, 1.165) is 0 Å². The molecule has 0 unspecified atom stereocenters. The summed E-state index contributed by atoms with van der Waals surface area (Å²) >= 11 is 0. The van der Waals surface area contributed by atoms with Crippen LogP contribution in [0.3, 0.4) is 0 Å². The van der Waals surface area contributed by atoms with E-state index in [0.29, 0.717) is 50.0 Å². The number of furan rings is 1. The normalized spacial score (nSPS) is 15.0. The zero-order valence-electron chi connectivity index (χ0n) is 20.8. The fraction of sp³-hybridized carbons (Fsp3) is 0.250. The summed E-state index contributed by atoms with van der Waals surface area (Å²) in [5, 5.41) is 1.04. The zero-order chi connectivity index (χ0) is 23.6. The van der Waals surface area contributed by atoms with Gasteiger partial charge in [0.25, 0.3) is 0 Å². The average molecular weight is 360 g/mol. The van der Waals surface area contributed by atoms with E-state index in [1.54, 1.807) is 55.8 Å². The Morgan fingerprint density at radius 2 is 2.04 bits per heavy atom. The molecule has 2 aromatic carbocycles. The summed E-state index contributed by atoms with van der Waals surface area (Å²) in [5.74, 6) is -0.938. The van der Waals surface area contributed by atoms with Gasteiger partial charge in [-0.05, 0) is 36.9 Å². The van der Waals surface area contributed by atoms with Gasteiger partial charge in [0.2, 0.25) is 11.4 Å². The first-order valence-corrected chi connectivity index (χ1v) is 8.73. The molecule has 4 rings (SSSR count). The minimum atomic E-state index is -2.37. The number of nitrogens with zero attached hydrogens (tertiary/aromatic N) is 2. The highest BCUT2D eigenvalue weighted by Gasteiger charge is 2.23. The second-order valence-electron chi connectivity index (χ2n) is 6.99. The standard InChI is InChI=1S/C24H23N2O/c1-14(2)17-10-11-20(26(6)13-17)22-16(4)12-15(3)21-18-8-7-9-19(25-5)23(18)27-24(21)22/h7-14H,1-4,6H3/q+1/i3D3,13D,14D. The molecule has 0 aliphatic carbocycles. The van der Waals surface area contributed by atoms with Crippen LogP contribution in [0.1, 0.15) is 43.3 Å². The molecule has 0 N–H and O–H groups in total. The summed E-state index contributed by atoms with van der Waals surface area (Å²) in [6.07, 6.45) is 0.202. The molecule has 2 aromatic heterocycles. The number of benzene rings is 2. The number of para-hydroxylation sites is 1. The van der Waals surface area contributed by atoms with Gasteiger partial charge in [0.05, 0.1) is 12.1 Å². The molecule has 134 valence electrons. The van der Waals surface area contributed by atoms with Crippen LogP contribution >= 0.6 is 0 Å². The van der Waals surface area contributed by atoms with E-state index in [4.69, 9.17) is 17.8 Å². The molecule has 4 aromatic rings. The van der Waals surface area contributed by atoms with Crippen LogP contribution in [0, 0.1) is 20.3 Å². The van der Waals surface area contributed by atoms with Gasteiger partial charge < -0.3 is 4.42 Å². The van der Waals surface area contributed by atoms with Crippen molar-refractivity contribution in [3.8, 4) is 11.3 Å². The molecule has 0 fully saturated rings. The monoisotopic (exact) mass is 360 g/mol. The second kappa shape index (κ2) is 6.25. The summed E-state index contributed by atoms with van der Waals surface area (Å²) in [5.41, 5.74) is 3.85. The summed E-state index contributed by atoms with van der Waals surface area (Å²) in [4.78, 5) is 3.54. The quantitative estimate of drug-likeness (QED) is 0.301. The molecular weight excluding hydrogens is 332 g/mol. The smallest absolute Gasteiger partial charge is 0.229 e. The Balaban J connectivity index is 2.19. The highest BCUT2D eigenvalue weighted by Crippen LogP contribution is 2.41. The van der Waals surface area contributed by atoms with Crippen LogP contribution in [0.2, 0.25) is 0 Å². The van der Waals surface area contributed by atoms with Crippen molar-refractivity contribution in [3.63, 3.8) is 0 Å². The van der Waals surface area contributed by atoms with Crippen molar-refractivity contribution >= 4 is 27.6 Å². The molecule has 0 bridgehead atoms. The lowest BCUT2D eigenvalue weighted by Crippen LogP contribution is -2.31. The average Bonchev–Trinajstić information content (AvgIpc) is 3.07. The minimum Gasteiger partial charge on any atom is -0.466 e. The third-order valence-corrected chi connectivity index (χ3v) is 4.92. The van der Waals surface area contributed by atoms with Gasteiger partial charge in [0.15, 0.2) is 6.17 Å². The first-order chi connectivity index (χ1) is 14.9. The Morgan fingerprint density at radius 3 is 2.74 bits per heavy atom. The van der Waals surface area contributed by atoms with Gasteiger partial charge >= 0.3 is 0 Å². The zero-order valence-corrected chi connectivity index (χ0v) is 15.8. The molecule has 0 aliphatic rings. The third-order valence-electron chi connectivity index (χ3n) is 4.92. The number of hydrogen-bond donors (Lipinski definition) is 0. The molecule has 0 radical (unpaired) electrons. The Labute approximate surface area is 166 Å². The topological polar surface area (TPSA) is 21.4 Å². The van der Waals surface area contributed by atoms with E-state index in [2.05, 4.69) is 4.85 Å². The van der Waals surface area contributed by atoms with Gasteiger partial charge in [-0.3, -0.25) is 0 Å². The van der Waals surface area contributed by atoms with E-state index in [-0.39, 0.29) is 11.7 Å². The molecule has 27 heavy (non-hydrogen) atoms. The molecule has 0 saturated heterocycles. The predicted molar refractivity (Wildman–Crippen MR) is 110 cm³/mol. The number of rotatable bonds is 2. The largest absolute Gasteiger partial charge is 0.466 e. The molecular formula is C24H23N2O+. The van der Waals surface area contributed by atoms with Crippen LogP contribution < -0.4 is 4.57 Å². The van der Waals surface area contributed by atoms with E-state index < -0.39 is 12.7 Å². The first-order valence-electron chi connectivity index (χ1n) is 11.2. The van der Waals surface area contributed by atoms with Crippen LogP contribution in [0.15, 0.2) is 47.0 Å². The highest BCUT2D eigenvalue weighted by molar-refractivity contribution is 6.14. The predicted octanol–water partition coefficient (Wildman–Crippen LogP) is 6.37. The SMILES string of the molecule is [2H]c1c(C([2H])(C)C)ccc(-c2c(C)cc(C([2H])([2H])[2H])c3c2oc2c([N+]#[C-])cccc23)[n+]1C. The van der Waals surface area contributed by atoms with Crippen LogP contribution in [0.25, 0.3) is 38.0 Å². The van der Waals surface area contributed by atoms with Gasteiger partial charge in [-0.1, -0.05) is 38.1 Å². The van der Waals surface area contributed by atoms with Crippen LogP contribution in [0.5, 0.6) is 0 Å². The lowest BCUT2D eigenvalue weighted by molar-refractivity contribution is -0.660. The second-order valence-corrected chi connectivity index (χ2v) is 6.99. The lowest BCUT2D eigenvalue weighted by atomic mass is 9.96. The fourth-order valence-electron chi connectivity index (χ4n) is 3.58. The number of hydrogen-bond acceptors (Lipinski definition) is 1. The minimum absolute atomic E-state index is 0.173. The molecule has 3 heteroatoms. The van der Waals surface area contributed by atoms with E-state index in [9.17, 15) is 0 Å². The van der Waals surface area contributed by atoms with E-state index >= 15 is 0 Å². The summed E-state index contributed by atoms with van der Waals surface area (Å²) in [6.45, 7) is 10.4. The molecule has 0 amide bonds. The van der Waals surface area contributed by atoms with Crippen molar-refractivity contribution in [2.45, 2.75) is 33.5 Å². The van der Waals surface area contributed by atoms with Gasteiger partial charge in [-0.15, -0.1) is 0 Å². The molecule has 0 saturated carbocycles. The summed E-state index contributed by atoms with van der Waals surface area (Å²) < 4.78 is 49.1. The van der Waals surface area contributed by atoms with Crippen molar-refractivity contribution < 1.29 is 15.8 Å². The Bertz CT molecular complexity index is 1440. The summed E-state index contributed by atoms with van der Waals surface area (Å²) in [7, 11) is 1.75. The molecule has 0 spiro atoms. The van der Waals surface area contributed by atoms with Crippen molar-refractivity contribution in [2.75, 3.05) is 0 Å². The third kappa shape index (κ3) is 2.61. The molecule has 0 atom stereocenters. The highest BCUT2D eigenvalue weighted by atomic mass is 16.3. The van der Waals surface area contributed by atoms with Crippen LogP contribution in [-0.4, -0.2) is 0 Å². The van der Waals surface area contributed by atoms with Gasteiger partial charge in [-0.2, -0.15) is 0 Å². The maximum absolute atomic E-state index is 8.62. The lowest BCUT2D eigenvalue weighted by Gasteiger charge is -2.10. The first kappa shape index (κ1) is 12.3. The van der Waals surface area contributed by atoms with Crippen molar-refractivity contribution in [1.29, 1.82) is 0 Å². The maximum atomic E-state index is 8.62. The van der Waals surface area contributed by atoms with Crippen molar-refractivity contribution in [1.82, 2.24) is 0 Å². The summed E-state index contributed by atoms with van der Waals surface area (Å²) in [6, 6.07) is 10.4. The van der Waals surface area contributed by atoms with Crippen LogP contribution in [0.4, 0.5) is 5.69 Å². The Hall–Kier alpha value is -3.12. The molecule has 0 aliphatic heterocycles. The van der Waals surface area contributed by atoms with E-state index in [1.165, 1.54) is 0 Å². The Kier molecular flexibility index (Phi) is 2.85. The number of pyridine rings is 1. The van der Waals surface area contributed by atoms with Gasteiger partial charge in [0.1, 0.15) is 19.6 Å². The van der Waals surface area contributed by atoms with Crippen molar-refractivity contribution in [3.05, 3.63) is 70.7 Å². The molecule has 3 nitrogen and oxygen atoms in total. The van der Waals surface area contributed by atoms with Gasteiger partial charge in [0, 0.05) is 27.9 Å². The van der Waals surface area contributed by atoms with Crippen LogP contribution in [-0.2, 0) is 7.05 Å². The number of fused-ring (bicyclic) bond motifs is 3. The number of aromatic nitrogens is 1. The fourth-order valence-corrected chi connectivity index (χ4v) is 3.58. The Morgan fingerprint density at radius 1 is 1.22 bits per heavy atom. The van der Waals surface area contributed by atoms with E-state index in [1.807, 2.05) is 13.0 Å². The van der Waals surface area contributed by atoms with Crippen molar-refractivity contribution in [2.24, 2.45) is 7.05 Å².